The highest BCUT2D eigenvalue weighted by molar-refractivity contribution is 5.22. The summed E-state index contributed by atoms with van der Waals surface area (Å²) in [5.41, 5.74) is 2.68. The number of rotatable bonds is 5. The van der Waals surface area contributed by atoms with E-state index in [1.807, 2.05) is 0 Å². The Morgan fingerprint density at radius 1 is 1.05 bits per heavy atom. The predicted molar refractivity (Wildman–Crippen MR) is 81.6 cm³/mol. The van der Waals surface area contributed by atoms with Gasteiger partial charge in [0.1, 0.15) is 0 Å². The SMILES string of the molecule is COCc1ccc(CN2CC[C@H](N3CCCC3)C2)cc1. The Hall–Kier alpha value is -0.900. The molecule has 0 bridgehead atoms. The summed E-state index contributed by atoms with van der Waals surface area (Å²) in [5.74, 6) is 0. The van der Waals surface area contributed by atoms with Gasteiger partial charge in [0.05, 0.1) is 6.61 Å². The van der Waals surface area contributed by atoms with Crippen molar-refractivity contribution in [2.24, 2.45) is 0 Å². The Bertz CT molecular complexity index is 412. The lowest BCUT2D eigenvalue weighted by Gasteiger charge is -2.23. The molecule has 0 amide bonds. The summed E-state index contributed by atoms with van der Waals surface area (Å²) in [7, 11) is 1.75. The Kier molecular flexibility index (Phi) is 4.71. The fourth-order valence-electron chi connectivity index (χ4n) is 3.53. The van der Waals surface area contributed by atoms with Crippen molar-refractivity contribution in [3.8, 4) is 0 Å². The van der Waals surface area contributed by atoms with Crippen molar-refractivity contribution in [2.75, 3.05) is 33.3 Å². The molecule has 2 saturated heterocycles. The highest BCUT2D eigenvalue weighted by Crippen LogP contribution is 2.21. The standard InChI is InChI=1S/C17H26N2O/c1-20-14-16-6-4-15(5-7-16)12-18-11-8-17(13-18)19-9-2-3-10-19/h4-7,17H,2-3,8-14H2,1H3/t17-/m0/s1. The van der Waals surface area contributed by atoms with Crippen LogP contribution in [0.15, 0.2) is 24.3 Å². The third-order valence-corrected chi connectivity index (χ3v) is 4.64. The van der Waals surface area contributed by atoms with Crippen LogP contribution < -0.4 is 0 Å². The van der Waals surface area contributed by atoms with Crippen molar-refractivity contribution in [3.63, 3.8) is 0 Å². The van der Waals surface area contributed by atoms with E-state index in [0.717, 1.165) is 12.6 Å². The zero-order valence-corrected chi connectivity index (χ0v) is 12.6. The molecule has 2 heterocycles. The van der Waals surface area contributed by atoms with Crippen LogP contribution in [0, 0.1) is 0 Å². The fraction of sp³-hybridized carbons (Fsp3) is 0.647. The second kappa shape index (κ2) is 6.70. The molecule has 3 heteroatoms. The monoisotopic (exact) mass is 274 g/mol. The number of benzene rings is 1. The van der Waals surface area contributed by atoms with E-state index in [1.54, 1.807) is 7.11 Å². The van der Waals surface area contributed by atoms with Crippen molar-refractivity contribution in [1.82, 2.24) is 9.80 Å². The molecule has 0 radical (unpaired) electrons. The summed E-state index contributed by atoms with van der Waals surface area (Å²) < 4.78 is 5.16. The Morgan fingerprint density at radius 2 is 1.75 bits per heavy atom. The molecule has 1 atom stereocenters. The van der Waals surface area contributed by atoms with Crippen LogP contribution in [-0.2, 0) is 17.9 Å². The first-order chi connectivity index (χ1) is 9.85. The second-order valence-corrected chi connectivity index (χ2v) is 6.17. The number of nitrogens with zero attached hydrogens (tertiary/aromatic N) is 2. The van der Waals surface area contributed by atoms with Crippen LogP contribution in [0.25, 0.3) is 0 Å². The normalized spacial score (nSPS) is 24.6. The van der Waals surface area contributed by atoms with Gasteiger partial charge in [-0.25, -0.2) is 0 Å². The average Bonchev–Trinajstić information content (AvgIpc) is 3.12. The van der Waals surface area contributed by atoms with E-state index in [2.05, 4.69) is 34.1 Å². The number of likely N-dealkylation sites (tertiary alicyclic amines) is 2. The lowest BCUT2D eigenvalue weighted by atomic mass is 10.1. The van der Waals surface area contributed by atoms with Crippen LogP contribution in [0.4, 0.5) is 0 Å². The topological polar surface area (TPSA) is 15.7 Å². The molecule has 110 valence electrons. The van der Waals surface area contributed by atoms with Gasteiger partial charge in [-0.05, 0) is 43.5 Å². The zero-order chi connectivity index (χ0) is 13.8. The van der Waals surface area contributed by atoms with Gasteiger partial charge in [0.25, 0.3) is 0 Å². The number of ether oxygens (including phenoxy) is 1. The van der Waals surface area contributed by atoms with Crippen LogP contribution in [0.1, 0.15) is 30.4 Å². The van der Waals surface area contributed by atoms with Gasteiger partial charge in [0, 0.05) is 32.8 Å². The molecule has 0 spiro atoms. The Labute approximate surface area is 122 Å². The summed E-state index contributed by atoms with van der Waals surface area (Å²) in [6.07, 6.45) is 4.15. The molecule has 0 unspecified atom stereocenters. The van der Waals surface area contributed by atoms with E-state index < -0.39 is 0 Å². The summed E-state index contributed by atoms with van der Waals surface area (Å²) in [4.78, 5) is 5.30. The lowest BCUT2D eigenvalue weighted by molar-refractivity contribution is 0.185. The molecular weight excluding hydrogens is 248 g/mol. The molecular formula is C17H26N2O. The quantitative estimate of drug-likeness (QED) is 0.820. The molecule has 20 heavy (non-hydrogen) atoms. The van der Waals surface area contributed by atoms with E-state index in [4.69, 9.17) is 4.74 Å². The first-order valence-corrected chi connectivity index (χ1v) is 7.88. The average molecular weight is 274 g/mol. The molecule has 2 aliphatic heterocycles. The molecule has 3 nitrogen and oxygen atoms in total. The van der Waals surface area contributed by atoms with E-state index in [-0.39, 0.29) is 0 Å². The van der Waals surface area contributed by atoms with Gasteiger partial charge in [-0.3, -0.25) is 9.80 Å². The molecule has 3 rings (SSSR count). The number of hydrogen-bond donors (Lipinski definition) is 0. The summed E-state index contributed by atoms with van der Waals surface area (Å²) >= 11 is 0. The molecule has 0 N–H and O–H groups in total. The minimum absolute atomic E-state index is 0.709. The first kappa shape index (κ1) is 14.1. The van der Waals surface area contributed by atoms with Crippen LogP contribution in [0.5, 0.6) is 0 Å². The maximum Gasteiger partial charge on any atom is 0.0713 e. The van der Waals surface area contributed by atoms with Crippen LogP contribution in [0.3, 0.4) is 0 Å². The molecule has 0 aliphatic carbocycles. The molecule has 0 aromatic heterocycles. The van der Waals surface area contributed by atoms with Gasteiger partial charge in [-0.2, -0.15) is 0 Å². The Balaban J connectivity index is 1.50. The van der Waals surface area contributed by atoms with Gasteiger partial charge < -0.3 is 4.74 Å². The molecule has 0 saturated carbocycles. The van der Waals surface area contributed by atoms with Crippen LogP contribution in [0.2, 0.25) is 0 Å². The van der Waals surface area contributed by atoms with Crippen molar-refractivity contribution in [3.05, 3.63) is 35.4 Å². The number of methoxy groups -OCH3 is 1. The maximum absolute atomic E-state index is 5.16. The van der Waals surface area contributed by atoms with Crippen LogP contribution in [-0.4, -0.2) is 49.1 Å². The molecule has 1 aromatic rings. The van der Waals surface area contributed by atoms with Gasteiger partial charge in [0.15, 0.2) is 0 Å². The van der Waals surface area contributed by atoms with E-state index >= 15 is 0 Å². The van der Waals surface area contributed by atoms with Gasteiger partial charge in [-0.15, -0.1) is 0 Å². The summed E-state index contributed by atoms with van der Waals surface area (Å²) in [6.45, 7) is 6.95. The summed E-state index contributed by atoms with van der Waals surface area (Å²) in [5, 5.41) is 0. The third kappa shape index (κ3) is 3.40. The largest absolute Gasteiger partial charge is 0.380 e. The highest BCUT2D eigenvalue weighted by Gasteiger charge is 2.28. The van der Waals surface area contributed by atoms with E-state index in [9.17, 15) is 0 Å². The minimum Gasteiger partial charge on any atom is -0.380 e. The van der Waals surface area contributed by atoms with E-state index in [0.29, 0.717) is 6.61 Å². The maximum atomic E-state index is 5.16. The highest BCUT2D eigenvalue weighted by atomic mass is 16.5. The van der Waals surface area contributed by atoms with Crippen LogP contribution >= 0.6 is 0 Å². The van der Waals surface area contributed by atoms with Gasteiger partial charge in [0.2, 0.25) is 0 Å². The Morgan fingerprint density at radius 3 is 2.45 bits per heavy atom. The minimum atomic E-state index is 0.709. The van der Waals surface area contributed by atoms with Crippen molar-refractivity contribution in [2.45, 2.75) is 38.5 Å². The zero-order valence-electron chi connectivity index (χ0n) is 12.6. The predicted octanol–water partition coefficient (Wildman–Crippen LogP) is 2.50. The number of hydrogen-bond acceptors (Lipinski definition) is 3. The molecule has 1 aromatic carbocycles. The molecule has 2 fully saturated rings. The first-order valence-electron chi connectivity index (χ1n) is 7.88. The van der Waals surface area contributed by atoms with E-state index in [1.165, 1.54) is 56.6 Å². The lowest BCUT2D eigenvalue weighted by Crippen LogP contribution is -2.35. The third-order valence-electron chi connectivity index (χ3n) is 4.64. The van der Waals surface area contributed by atoms with Gasteiger partial charge >= 0.3 is 0 Å². The molecule has 2 aliphatic rings. The fourth-order valence-corrected chi connectivity index (χ4v) is 3.53. The van der Waals surface area contributed by atoms with Crippen molar-refractivity contribution < 1.29 is 4.74 Å². The van der Waals surface area contributed by atoms with Gasteiger partial charge in [-0.1, -0.05) is 24.3 Å². The second-order valence-electron chi connectivity index (χ2n) is 6.17. The summed E-state index contributed by atoms with van der Waals surface area (Å²) in [6, 6.07) is 9.68. The smallest absolute Gasteiger partial charge is 0.0713 e. The van der Waals surface area contributed by atoms with Crippen molar-refractivity contribution in [1.29, 1.82) is 0 Å². The van der Waals surface area contributed by atoms with Crippen molar-refractivity contribution >= 4 is 0 Å².